The zero-order valence-electron chi connectivity index (χ0n) is 8.27. The molecule has 0 saturated heterocycles. The Morgan fingerprint density at radius 3 is 2.80 bits per heavy atom. The topological polar surface area (TPSA) is 33.4 Å². The number of rotatable bonds is 2. The van der Waals surface area contributed by atoms with Gasteiger partial charge in [-0.15, -0.1) is 0 Å². The van der Waals surface area contributed by atoms with Gasteiger partial charge in [0.25, 0.3) is 0 Å². The molecular weight excluding hydrogens is 195 g/mol. The van der Waals surface area contributed by atoms with Crippen molar-refractivity contribution in [1.29, 1.82) is 0 Å². The van der Waals surface area contributed by atoms with E-state index in [1.54, 1.807) is 12.1 Å². The second-order valence-corrected chi connectivity index (χ2v) is 3.46. The van der Waals surface area contributed by atoms with Crippen molar-refractivity contribution in [3.63, 3.8) is 0 Å². The number of aliphatic hydroxyl groups is 1. The van der Waals surface area contributed by atoms with Crippen molar-refractivity contribution in [1.82, 2.24) is 0 Å². The maximum Gasteiger partial charge on any atom is 0.123 e. The van der Waals surface area contributed by atoms with Gasteiger partial charge in [-0.05, 0) is 36.2 Å². The lowest BCUT2D eigenvalue weighted by molar-refractivity contribution is 0.218. The molecule has 2 nitrogen and oxygen atoms in total. The molecular formula is C12H11FO2. The largest absolute Gasteiger partial charge is 0.472 e. The number of hydrogen-bond donors (Lipinski definition) is 1. The summed E-state index contributed by atoms with van der Waals surface area (Å²) in [5.41, 5.74) is 2.05. The van der Waals surface area contributed by atoms with Crippen molar-refractivity contribution in [2.24, 2.45) is 0 Å². The molecule has 1 N–H and O–H groups in total. The predicted molar refractivity (Wildman–Crippen MR) is 53.9 cm³/mol. The van der Waals surface area contributed by atoms with Crippen LogP contribution in [0.25, 0.3) is 0 Å². The Morgan fingerprint density at radius 1 is 1.33 bits per heavy atom. The predicted octanol–water partition coefficient (Wildman–Crippen LogP) is 2.81. The van der Waals surface area contributed by atoms with Gasteiger partial charge in [0.05, 0.1) is 12.5 Å². The van der Waals surface area contributed by atoms with Crippen molar-refractivity contribution < 1.29 is 13.9 Å². The van der Waals surface area contributed by atoms with E-state index in [1.165, 1.54) is 24.7 Å². The van der Waals surface area contributed by atoms with E-state index in [0.29, 0.717) is 11.1 Å². The maximum absolute atomic E-state index is 13.0. The first-order chi connectivity index (χ1) is 7.18. The van der Waals surface area contributed by atoms with Crippen LogP contribution in [-0.2, 0) is 0 Å². The molecule has 0 aliphatic rings. The quantitative estimate of drug-likeness (QED) is 0.819. The van der Waals surface area contributed by atoms with Gasteiger partial charge < -0.3 is 9.52 Å². The summed E-state index contributed by atoms with van der Waals surface area (Å²) in [5.74, 6) is -0.349. The highest BCUT2D eigenvalue weighted by molar-refractivity contribution is 5.34. The minimum Gasteiger partial charge on any atom is -0.472 e. The van der Waals surface area contributed by atoms with Crippen LogP contribution in [0.4, 0.5) is 4.39 Å². The highest BCUT2D eigenvalue weighted by Gasteiger charge is 2.14. The summed E-state index contributed by atoms with van der Waals surface area (Å²) in [6.45, 7) is 1.83. The highest BCUT2D eigenvalue weighted by atomic mass is 19.1. The summed E-state index contributed by atoms with van der Waals surface area (Å²) >= 11 is 0. The van der Waals surface area contributed by atoms with Gasteiger partial charge in [0.1, 0.15) is 11.9 Å². The summed E-state index contributed by atoms with van der Waals surface area (Å²) in [6.07, 6.45) is 2.10. The first-order valence-corrected chi connectivity index (χ1v) is 4.64. The number of benzene rings is 1. The third-order valence-electron chi connectivity index (χ3n) is 2.39. The first kappa shape index (κ1) is 9.93. The minimum atomic E-state index is -0.834. The van der Waals surface area contributed by atoms with Crippen molar-refractivity contribution >= 4 is 0 Å². The smallest absolute Gasteiger partial charge is 0.123 e. The average molecular weight is 206 g/mol. The van der Waals surface area contributed by atoms with Crippen molar-refractivity contribution in [2.45, 2.75) is 13.0 Å². The minimum absolute atomic E-state index is 0.349. The zero-order valence-corrected chi connectivity index (χ0v) is 8.27. The van der Waals surface area contributed by atoms with Crippen LogP contribution in [0.5, 0.6) is 0 Å². The highest BCUT2D eigenvalue weighted by Crippen LogP contribution is 2.25. The Bertz CT molecular complexity index is 449. The average Bonchev–Trinajstić information content (AvgIpc) is 2.74. The summed E-state index contributed by atoms with van der Waals surface area (Å²) in [7, 11) is 0. The van der Waals surface area contributed by atoms with Crippen LogP contribution in [0, 0.1) is 12.7 Å². The maximum atomic E-state index is 13.0. The molecule has 1 atom stereocenters. The van der Waals surface area contributed by atoms with E-state index in [0.717, 1.165) is 5.56 Å². The second-order valence-electron chi connectivity index (χ2n) is 3.46. The van der Waals surface area contributed by atoms with Gasteiger partial charge in [-0.25, -0.2) is 4.39 Å². The van der Waals surface area contributed by atoms with Gasteiger partial charge in [-0.1, -0.05) is 6.07 Å². The molecule has 0 aliphatic carbocycles. The Hall–Kier alpha value is -1.61. The molecule has 0 radical (unpaired) electrons. The van der Waals surface area contributed by atoms with E-state index in [1.807, 2.05) is 6.92 Å². The van der Waals surface area contributed by atoms with E-state index < -0.39 is 6.10 Å². The van der Waals surface area contributed by atoms with Crippen LogP contribution in [0.1, 0.15) is 22.8 Å². The lowest BCUT2D eigenvalue weighted by atomic mass is 9.99. The van der Waals surface area contributed by atoms with Gasteiger partial charge in [-0.2, -0.15) is 0 Å². The van der Waals surface area contributed by atoms with E-state index in [-0.39, 0.29) is 5.82 Å². The monoisotopic (exact) mass is 206 g/mol. The van der Waals surface area contributed by atoms with Crippen molar-refractivity contribution in [3.05, 3.63) is 59.3 Å². The second kappa shape index (κ2) is 3.87. The Kier molecular flexibility index (Phi) is 2.56. The molecule has 1 aromatic heterocycles. The number of furan rings is 1. The Labute approximate surface area is 87.0 Å². The molecule has 1 aromatic carbocycles. The summed E-state index contributed by atoms with van der Waals surface area (Å²) in [5, 5.41) is 9.96. The third-order valence-corrected chi connectivity index (χ3v) is 2.39. The van der Waals surface area contributed by atoms with Gasteiger partial charge in [0, 0.05) is 5.56 Å². The molecule has 0 bridgehead atoms. The summed E-state index contributed by atoms with van der Waals surface area (Å²) in [4.78, 5) is 0. The SMILES string of the molecule is Cc1ccc(F)cc1[C@H](O)c1ccoc1. The lowest BCUT2D eigenvalue weighted by Gasteiger charge is -2.11. The van der Waals surface area contributed by atoms with Crippen molar-refractivity contribution in [2.75, 3.05) is 0 Å². The fourth-order valence-corrected chi connectivity index (χ4v) is 1.52. The van der Waals surface area contributed by atoms with Crippen LogP contribution in [0.3, 0.4) is 0 Å². The van der Waals surface area contributed by atoms with Gasteiger partial charge in [-0.3, -0.25) is 0 Å². The first-order valence-electron chi connectivity index (χ1n) is 4.64. The van der Waals surface area contributed by atoms with Crippen LogP contribution >= 0.6 is 0 Å². The molecule has 3 heteroatoms. The van der Waals surface area contributed by atoms with E-state index >= 15 is 0 Å². The third kappa shape index (κ3) is 1.92. The van der Waals surface area contributed by atoms with Crippen LogP contribution < -0.4 is 0 Å². The molecule has 2 rings (SSSR count). The lowest BCUT2D eigenvalue weighted by Crippen LogP contribution is -2.01. The fraction of sp³-hybridized carbons (Fsp3) is 0.167. The zero-order chi connectivity index (χ0) is 10.8. The fourth-order valence-electron chi connectivity index (χ4n) is 1.52. The summed E-state index contributed by atoms with van der Waals surface area (Å²) in [6, 6.07) is 6.02. The molecule has 0 aliphatic heterocycles. The Morgan fingerprint density at radius 2 is 2.13 bits per heavy atom. The van der Waals surface area contributed by atoms with E-state index in [9.17, 15) is 9.50 Å². The number of aryl methyl sites for hydroxylation is 1. The Balaban J connectivity index is 2.41. The molecule has 0 unspecified atom stereocenters. The molecule has 0 saturated carbocycles. The molecule has 15 heavy (non-hydrogen) atoms. The van der Waals surface area contributed by atoms with E-state index in [2.05, 4.69) is 0 Å². The molecule has 0 fully saturated rings. The van der Waals surface area contributed by atoms with Crippen LogP contribution in [0.15, 0.2) is 41.2 Å². The summed E-state index contributed by atoms with van der Waals surface area (Å²) < 4.78 is 17.9. The molecule has 2 aromatic rings. The normalized spacial score (nSPS) is 12.7. The molecule has 0 spiro atoms. The standard InChI is InChI=1S/C12H11FO2/c1-8-2-3-10(13)6-11(8)12(14)9-4-5-15-7-9/h2-7,12,14H,1H3/t12-/m1/s1. The number of aliphatic hydroxyl groups excluding tert-OH is 1. The van der Waals surface area contributed by atoms with Crippen molar-refractivity contribution in [3.8, 4) is 0 Å². The number of hydrogen-bond acceptors (Lipinski definition) is 2. The van der Waals surface area contributed by atoms with Gasteiger partial charge >= 0.3 is 0 Å². The van der Waals surface area contributed by atoms with Crippen LogP contribution in [0.2, 0.25) is 0 Å². The molecule has 0 amide bonds. The van der Waals surface area contributed by atoms with Crippen LogP contribution in [-0.4, -0.2) is 5.11 Å². The van der Waals surface area contributed by atoms with Gasteiger partial charge in [0.2, 0.25) is 0 Å². The molecule has 1 heterocycles. The molecule has 78 valence electrons. The number of halogens is 1. The van der Waals surface area contributed by atoms with E-state index in [4.69, 9.17) is 4.42 Å². The van der Waals surface area contributed by atoms with Gasteiger partial charge in [0.15, 0.2) is 0 Å².